The zero-order valence-corrected chi connectivity index (χ0v) is 18.6. The van der Waals surface area contributed by atoms with Crippen LogP contribution >= 0.6 is 0 Å². The van der Waals surface area contributed by atoms with E-state index in [1.807, 2.05) is 0 Å². The standard InChI is InChI=1S/C22H29N3O7/c1-6-25(17(27)14-24-21(30)32-22(3,4)5)19(15-10-8-9-11-16(15)26)20(29)23-13-12-18(28)31-7-2/h1,8-11,19,26H,7,12-14H2,2-5H3,(H,23,29)(H,24,30). The number of aromatic hydroxyl groups is 1. The van der Waals surface area contributed by atoms with Crippen LogP contribution in [-0.2, 0) is 23.9 Å². The maximum atomic E-state index is 12.9. The number of rotatable bonds is 9. The lowest BCUT2D eigenvalue weighted by Crippen LogP contribution is -2.46. The molecule has 1 atom stereocenters. The summed E-state index contributed by atoms with van der Waals surface area (Å²) in [5, 5.41) is 15.0. The molecule has 0 saturated heterocycles. The topological polar surface area (TPSA) is 134 Å². The Morgan fingerprint density at radius 3 is 2.41 bits per heavy atom. The van der Waals surface area contributed by atoms with E-state index >= 15 is 0 Å². The van der Waals surface area contributed by atoms with E-state index in [1.165, 1.54) is 12.1 Å². The number of phenolic OH excluding ortho intramolecular Hbond substituents is 1. The van der Waals surface area contributed by atoms with Gasteiger partial charge in [0.1, 0.15) is 17.9 Å². The van der Waals surface area contributed by atoms with E-state index in [9.17, 15) is 24.3 Å². The molecule has 0 aliphatic rings. The summed E-state index contributed by atoms with van der Waals surface area (Å²) in [6.07, 6.45) is 4.58. The molecule has 0 bridgehead atoms. The second-order valence-corrected chi connectivity index (χ2v) is 7.56. The molecule has 1 aromatic rings. The number of ether oxygens (including phenoxy) is 2. The van der Waals surface area contributed by atoms with Crippen LogP contribution in [0, 0.1) is 12.5 Å². The predicted octanol–water partition coefficient (Wildman–Crippen LogP) is 1.45. The smallest absolute Gasteiger partial charge is 0.408 e. The molecule has 1 rings (SSSR count). The van der Waals surface area contributed by atoms with Crippen molar-refractivity contribution in [2.45, 2.75) is 45.8 Å². The van der Waals surface area contributed by atoms with Crippen molar-refractivity contribution in [1.29, 1.82) is 0 Å². The molecule has 3 N–H and O–H groups in total. The summed E-state index contributed by atoms with van der Waals surface area (Å²) in [6.45, 7) is 6.25. The van der Waals surface area contributed by atoms with Gasteiger partial charge in [0, 0.05) is 18.2 Å². The Bertz CT molecular complexity index is 871. The molecule has 1 unspecified atom stereocenters. The Morgan fingerprint density at radius 2 is 1.84 bits per heavy atom. The number of hydrogen-bond acceptors (Lipinski definition) is 7. The van der Waals surface area contributed by atoms with Crippen molar-refractivity contribution < 1.29 is 33.8 Å². The van der Waals surface area contributed by atoms with Crippen molar-refractivity contribution in [3.8, 4) is 18.2 Å². The molecule has 0 radical (unpaired) electrons. The first-order chi connectivity index (χ1) is 15.0. The number of amides is 3. The Morgan fingerprint density at radius 1 is 1.19 bits per heavy atom. The van der Waals surface area contributed by atoms with Crippen LogP contribution in [0.15, 0.2) is 24.3 Å². The third-order valence-electron chi connectivity index (χ3n) is 3.86. The van der Waals surface area contributed by atoms with E-state index in [1.54, 1.807) is 39.8 Å². The van der Waals surface area contributed by atoms with Gasteiger partial charge in [0.25, 0.3) is 5.91 Å². The van der Waals surface area contributed by atoms with Gasteiger partial charge in [-0.25, -0.2) is 4.79 Å². The summed E-state index contributed by atoms with van der Waals surface area (Å²) in [7, 11) is 0. The first-order valence-electron chi connectivity index (χ1n) is 9.96. The number of phenols is 1. The lowest BCUT2D eigenvalue weighted by atomic mass is 10.0. The lowest BCUT2D eigenvalue weighted by molar-refractivity contribution is -0.143. The van der Waals surface area contributed by atoms with E-state index < -0.39 is 42.1 Å². The molecule has 32 heavy (non-hydrogen) atoms. The number of carbonyl (C=O) groups is 4. The van der Waals surface area contributed by atoms with Gasteiger partial charge >= 0.3 is 12.1 Å². The third kappa shape index (κ3) is 8.55. The van der Waals surface area contributed by atoms with Crippen LogP contribution < -0.4 is 10.6 Å². The molecular weight excluding hydrogens is 418 g/mol. The molecule has 0 aliphatic carbocycles. The molecule has 1 aromatic carbocycles. The third-order valence-corrected chi connectivity index (χ3v) is 3.86. The fourth-order valence-electron chi connectivity index (χ4n) is 2.57. The minimum absolute atomic E-state index is 0.0650. The molecule has 3 amide bonds. The normalized spacial score (nSPS) is 11.5. The first kappa shape index (κ1) is 26.3. The Hall–Kier alpha value is -3.74. The Kier molecular flexibility index (Phi) is 10.0. The molecular formula is C22H29N3O7. The number of terminal acetylenes is 1. The van der Waals surface area contributed by atoms with Crippen LogP contribution in [0.1, 0.15) is 45.7 Å². The highest BCUT2D eigenvalue weighted by molar-refractivity contribution is 5.92. The van der Waals surface area contributed by atoms with Crippen molar-refractivity contribution in [2.24, 2.45) is 0 Å². The van der Waals surface area contributed by atoms with Gasteiger partial charge in [-0.15, -0.1) is 0 Å². The summed E-state index contributed by atoms with van der Waals surface area (Å²) in [6, 6.07) is 6.60. The van der Waals surface area contributed by atoms with Crippen molar-refractivity contribution in [2.75, 3.05) is 19.7 Å². The van der Waals surface area contributed by atoms with Gasteiger partial charge in [-0.05, 0) is 33.8 Å². The van der Waals surface area contributed by atoms with Crippen LogP contribution in [0.25, 0.3) is 0 Å². The predicted molar refractivity (Wildman–Crippen MR) is 115 cm³/mol. The van der Waals surface area contributed by atoms with Crippen LogP contribution in [0.4, 0.5) is 4.79 Å². The van der Waals surface area contributed by atoms with Gasteiger partial charge in [0.05, 0.1) is 13.0 Å². The highest BCUT2D eigenvalue weighted by Gasteiger charge is 2.33. The number of para-hydroxylation sites is 1. The second-order valence-electron chi connectivity index (χ2n) is 7.56. The summed E-state index contributed by atoms with van der Waals surface area (Å²) in [5.41, 5.74) is -0.694. The van der Waals surface area contributed by atoms with Crippen LogP contribution in [0.3, 0.4) is 0 Å². The van der Waals surface area contributed by atoms with Gasteiger partial charge in [-0.1, -0.05) is 24.6 Å². The number of carbonyl (C=O) groups excluding carboxylic acids is 4. The van der Waals surface area contributed by atoms with Crippen LogP contribution in [0.5, 0.6) is 5.75 Å². The average Bonchev–Trinajstić information content (AvgIpc) is 2.69. The maximum Gasteiger partial charge on any atom is 0.408 e. The second kappa shape index (κ2) is 12.2. The van der Waals surface area contributed by atoms with E-state index in [-0.39, 0.29) is 30.9 Å². The minimum Gasteiger partial charge on any atom is -0.508 e. The largest absolute Gasteiger partial charge is 0.508 e. The summed E-state index contributed by atoms with van der Waals surface area (Å²) in [4.78, 5) is 49.7. The lowest BCUT2D eigenvalue weighted by Gasteiger charge is -2.27. The minimum atomic E-state index is -1.41. The Balaban J connectivity index is 3.01. The number of nitrogens with one attached hydrogen (secondary N) is 2. The average molecular weight is 447 g/mol. The van der Waals surface area contributed by atoms with Gasteiger partial charge in [0.2, 0.25) is 5.91 Å². The molecule has 0 aromatic heterocycles. The Labute approximate surface area is 187 Å². The zero-order chi connectivity index (χ0) is 24.3. The highest BCUT2D eigenvalue weighted by Crippen LogP contribution is 2.28. The first-order valence-corrected chi connectivity index (χ1v) is 9.96. The van der Waals surface area contributed by atoms with E-state index in [2.05, 4.69) is 16.7 Å². The van der Waals surface area contributed by atoms with Crippen LogP contribution in [0.2, 0.25) is 0 Å². The van der Waals surface area contributed by atoms with E-state index in [0.29, 0.717) is 0 Å². The van der Waals surface area contributed by atoms with Crippen molar-refractivity contribution in [3.05, 3.63) is 29.8 Å². The molecule has 10 heteroatoms. The molecule has 0 aliphatic heterocycles. The number of benzene rings is 1. The summed E-state index contributed by atoms with van der Waals surface area (Å²) < 4.78 is 9.88. The van der Waals surface area contributed by atoms with Crippen LogP contribution in [-0.4, -0.2) is 59.2 Å². The van der Waals surface area contributed by atoms with Gasteiger partial charge in [0.15, 0.2) is 6.04 Å². The summed E-state index contributed by atoms with van der Waals surface area (Å²) in [5.74, 6) is -2.27. The monoisotopic (exact) mass is 447 g/mol. The van der Waals surface area contributed by atoms with Crippen molar-refractivity contribution in [1.82, 2.24) is 15.5 Å². The molecule has 0 spiro atoms. The molecule has 174 valence electrons. The number of nitrogens with zero attached hydrogens (tertiary/aromatic N) is 1. The van der Waals surface area contributed by atoms with Gasteiger partial charge < -0.3 is 25.2 Å². The molecule has 0 heterocycles. The van der Waals surface area contributed by atoms with E-state index in [0.717, 1.165) is 4.90 Å². The van der Waals surface area contributed by atoms with Gasteiger partial charge in [-0.2, -0.15) is 0 Å². The van der Waals surface area contributed by atoms with Crippen molar-refractivity contribution in [3.63, 3.8) is 0 Å². The number of alkyl carbamates (subject to hydrolysis) is 1. The van der Waals surface area contributed by atoms with E-state index in [4.69, 9.17) is 15.9 Å². The SMILES string of the molecule is C#CN(C(=O)CNC(=O)OC(C)(C)C)C(C(=O)NCCC(=O)OCC)c1ccccc1O. The number of hydrogen-bond donors (Lipinski definition) is 3. The fourth-order valence-corrected chi connectivity index (χ4v) is 2.57. The van der Waals surface area contributed by atoms with Gasteiger partial charge in [-0.3, -0.25) is 19.3 Å². The summed E-state index contributed by atoms with van der Waals surface area (Å²) >= 11 is 0. The quantitative estimate of drug-likeness (QED) is 0.296. The molecule has 0 fully saturated rings. The fraction of sp³-hybridized carbons (Fsp3) is 0.455. The molecule has 10 nitrogen and oxygen atoms in total. The maximum absolute atomic E-state index is 12.9. The zero-order valence-electron chi connectivity index (χ0n) is 18.6. The number of esters is 1. The van der Waals surface area contributed by atoms with Crippen molar-refractivity contribution >= 4 is 23.9 Å². The highest BCUT2D eigenvalue weighted by atomic mass is 16.6. The molecule has 0 saturated carbocycles.